The molecule has 3 aromatic carbocycles. The zero-order valence-electron chi connectivity index (χ0n) is 11.6. The van der Waals surface area contributed by atoms with Crippen molar-refractivity contribution in [3.05, 3.63) is 72.0 Å². The van der Waals surface area contributed by atoms with Crippen molar-refractivity contribution in [2.75, 3.05) is 0 Å². The molecule has 0 aliphatic heterocycles. The van der Waals surface area contributed by atoms with Gasteiger partial charge in [-0.25, -0.2) is 9.37 Å². The van der Waals surface area contributed by atoms with Crippen LogP contribution < -0.4 is 0 Å². The molecule has 22 heavy (non-hydrogen) atoms. The van der Waals surface area contributed by atoms with E-state index in [0.29, 0.717) is 16.4 Å². The smallest absolute Gasteiger partial charge is 0.257 e. The average molecular weight is 309 g/mol. The number of fused-ring (bicyclic) bond motifs is 2. The maximum atomic E-state index is 13.8. The van der Waals surface area contributed by atoms with Gasteiger partial charge in [-0.2, -0.15) is 0 Å². The Morgan fingerprint density at radius 2 is 1.68 bits per heavy atom. The van der Waals surface area contributed by atoms with E-state index < -0.39 is 0 Å². The van der Waals surface area contributed by atoms with E-state index in [0.717, 1.165) is 22.0 Å². The van der Waals surface area contributed by atoms with Crippen molar-refractivity contribution in [1.29, 1.82) is 0 Å². The molecule has 0 spiro atoms. The van der Waals surface area contributed by atoms with Crippen LogP contribution in [0.3, 0.4) is 0 Å². The van der Waals surface area contributed by atoms with Crippen LogP contribution in [0.5, 0.6) is 0 Å². The first-order chi connectivity index (χ1) is 10.8. The summed E-state index contributed by atoms with van der Waals surface area (Å²) in [5, 5.41) is 2.22. The first-order valence-electron chi connectivity index (χ1n) is 6.96. The van der Waals surface area contributed by atoms with Gasteiger partial charge in [0.1, 0.15) is 11.3 Å². The van der Waals surface area contributed by atoms with Crippen molar-refractivity contribution in [2.45, 2.75) is 11.0 Å². The Balaban J connectivity index is 1.65. The minimum absolute atomic E-state index is 0.189. The molecule has 4 aromatic rings. The predicted molar refractivity (Wildman–Crippen MR) is 87.5 cm³/mol. The summed E-state index contributed by atoms with van der Waals surface area (Å²) in [6.07, 6.45) is 0. The van der Waals surface area contributed by atoms with Gasteiger partial charge in [-0.15, -0.1) is 0 Å². The summed E-state index contributed by atoms with van der Waals surface area (Å²) in [6.45, 7) is 0. The number of aromatic nitrogens is 1. The normalized spacial score (nSPS) is 11.3. The van der Waals surface area contributed by atoms with Crippen LogP contribution in [0.25, 0.3) is 21.9 Å². The molecule has 0 fully saturated rings. The Kier molecular flexibility index (Phi) is 3.31. The largest absolute Gasteiger partial charge is 0.431 e. The molecule has 1 heterocycles. The number of rotatable bonds is 3. The summed E-state index contributed by atoms with van der Waals surface area (Å²) in [7, 11) is 0. The molecule has 4 rings (SSSR count). The molecular formula is C18H12FNOS. The highest BCUT2D eigenvalue weighted by Gasteiger charge is 2.09. The Morgan fingerprint density at radius 1 is 0.909 bits per heavy atom. The highest BCUT2D eigenvalue weighted by Crippen LogP contribution is 2.30. The minimum Gasteiger partial charge on any atom is -0.431 e. The molecule has 0 saturated carbocycles. The molecule has 0 radical (unpaired) electrons. The minimum atomic E-state index is -0.189. The van der Waals surface area contributed by atoms with E-state index in [1.54, 1.807) is 6.07 Å². The van der Waals surface area contributed by atoms with Crippen molar-refractivity contribution < 1.29 is 8.81 Å². The van der Waals surface area contributed by atoms with E-state index in [4.69, 9.17) is 4.42 Å². The zero-order valence-corrected chi connectivity index (χ0v) is 12.4. The number of para-hydroxylation sites is 2. The van der Waals surface area contributed by atoms with Crippen molar-refractivity contribution in [3.63, 3.8) is 0 Å². The highest BCUT2D eigenvalue weighted by atomic mass is 32.2. The molecular weight excluding hydrogens is 297 g/mol. The summed E-state index contributed by atoms with van der Waals surface area (Å²) in [5.41, 5.74) is 2.71. The van der Waals surface area contributed by atoms with E-state index in [2.05, 4.69) is 4.98 Å². The third-order valence-electron chi connectivity index (χ3n) is 3.59. The number of halogens is 1. The number of hydrogen-bond acceptors (Lipinski definition) is 3. The molecule has 0 saturated heterocycles. The average Bonchev–Trinajstić information content (AvgIpc) is 2.97. The fraction of sp³-hybridized carbons (Fsp3) is 0.0556. The van der Waals surface area contributed by atoms with Crippen LogP contribution in [-0.4, -0.2) is 4.98 Å². The summed E-state index contributed by atoms with van der Waals surface area (Å²) in [5.74, 6) is 0.499. The van der Waals surface area contributed by atoms with E-state index >= 15 is 0 Å². The maximum Gasteiger partial charge on any atom is 0.257 e. The van der Waals surface area contributed by atoms with Gasteiger partial charge in [0.15, 0.2) is 5.58 Å². The van der Waals surface area contributed by atoms with Gasteiger partial charge < -0.3 is 4.42 Å². The quantitative estimate of drug-likeness (QED) is 0.473. The molecule has 2 nitrogen and oxygen atoms in total. The van der Waals surface area contributed by atoms with Gasteiger partial charge >= 0.3 is 0 Å². The Hall–Kier alpha value is -2.33. The van der Waals surface area contributed by atoms with Crippen molar-refractivity contribution >= 4 is 33.6 Å². The highest BCUT2D eigenvalue weighted by molar-refractivity contribution is 7.98. The van der Waals surface area contributed by atoms with Crippen LogP contribution in [-0.2, 0) is 5.75 Å². The van der Waals surface area contributed by atoms with Gasteiger partial charge in [0.25, 0.3) is 5.22 Å². The van der Waals surface area contributed by atoms with Crippen LogP contribution in [0.2, 0.25) is 0 Å². The summed E-state index contributed by atoms with van der Waals surface area (Å²) in [4.78, 5) is 4.45. The molecule has 0 bridgehead atoms. The van der Waals surface area contributed by atoms with Gasteiger partial charge in [0, 0.05) is 11.1 Å². The first-order valence-corrected chi connectivity index (χ1v) is 7.94. The van der Waals surface area contributed by atoms with E-state index in [9.17, 15) is 4.39 Å². The van der Waals surface area contributed by atoms with Crippen LogP contribution in [0.4, 0.5) is 4.39 Å². The molecule has 0 atom stereocenters. The monoisotopic (exact) mass is 309 g/mol. The fourth-order valence-corrected chi connectivity index (χ4v) is 3.35. The second-order valence-corrected chi connectivity index (χ2v) is 5.91. The van der Waals surface area contributed by atoms with Crippen molar-refractivity contribution in [1.82, 2.24) is 4.98 Å². The number of oxazole rings is 1. The van der Waals surface area contributed by atoms with Crippen LogP contribution in [0.1, 0.15) is 5.56 Å². The van der Waals surface area contributed by atoms with Crippen molar-refractivity contribution in [3.8, 4) is 0 Å². The first kappa shape index (κ1) is 13.3. The Morgan fingerprint density at radius 3 is 2.55 bits per heavy atom. The van der Waals surface area contributed by atoms with E-state index in [1.807, 2.05) is 48.5 Å². The topological polar surface area (TPSA) is 26.0 Å². The molecule has 0 aliphatic carbocycles. The summed E-state index contributed by atoms with van der Waals surface area (Å²) in [6, 6.07) is 18.6. The zero-order chi connectivity index (χ0) is 14.9. The second-order valence-electron chi connectivity index (χ2n) is 4.99. The number of benzene rings is 3. The van der Waals surface area contributed by atoms with Gasteiger partial charge in [0.05, 0.1) is 0 Å². The van der Waals surface area contributed by atoms with E-state index in [-0.39, 0.29) is 5.82 Å². The number of nitrogens with zero attached hydrogens (tertiary/aromatic N) is 1. The molecule has 1 aromatic heterocycles. The maximum absolute atomic E-state index is 13.8. The molecule has 0 unspecified atom stereocenters. The van der Waals surface area contributed by atoms with Crippen LogP contribution in [0.15, 0.2) is 70.3 Å². The van der Waals surface area contributed by atoms with Gasteiger partial charge in [-0.1, -0.05) is 54.2 Å². The van der Waals surface area contributed by atoms with E-state index in [1.165, 1.54) is 17.8 Å². The van der Waals surface area contributed by atoms with Gasteiger partial charge in [0.2, 0.25) is 0 Å². The molecule has 0 aliphatic rings. The third kappa shape index (κ3) is 2.35. The summed E-state index contributed by atoms with van der Waals surface area (Å²) < 4.78 is 19.5. The predicted octanol–water partition coefficient (Wildman–Crippen LogP) is 5.41. The SMILES string of the molecule is Fc1ccc(CSc2nc3ccccc3o2)c2ccccc12. The van der Waals surface area contributed by atoms with Crippen LogP contribution >= 0.6 is 11.8 Å². The fourth-order valence-electron chi connectivity index (χ4n) is 2.50. The molecule has 108 valence electrons. The Labute approximate surface area is 131 Å². The standard InChI is InChI=1S/C18H12FNOS/c19-15-10-9-12(13-5-1-2-6-14(13)15)11-22-18-20-16-7-3-4-8-17(16)21-18/h1-10H,11H2. The second kappa shape index (κ2) is 5.46. The third-order valence-corrected chi connectivity index (χ3v) is 4.46. The lowest BCUT2D eigenvalue weighted by Crippen LogP contribution is -1.87. The lowest BCUT2D eigenvalue weighted by atomic mass is 10.1. The number of thioether (sulfide) groups is 1. The van der Waals surface area contributed by atoms with Gasteiger partial charge in [-0.05, 0) is 29.1 Å². The lowest BCUT2D eigenvalue weighted by Gasteiger charge is -2.05. The van der Waals surface area contributed by atoms with Crippen LogP contribution in [0, 0.1) is 5.82 Å². The number of hydrogen-bond donors (Lipinski definition) is 0. The molecule has 0 N–H and O–H groups in total. The Bertz CT molecular complexity index is 931. The molecule has 4 heteroatoms. The molecule has 0 amide bonds. The lowest BCUT2D eigenvalue weighted by molar-refractivity contribution is 0.489. The van der Waals surface area contributed by atoms with Gasteiger partial charge in [-0.3, -0.25) is 0 Å². The summed E-state index contributed by atoms with van der Waals surface area (Å²) >= 11 is 1.52. The van der Waals surface area contributed by atoms with Crippen molar-refractivity contribution in [2.24, 2.45) is 0 Å².